The molecule has 23 heavy (non-hydrogen) atoms. The lowest BCUT2D eigenvalue weighted by molar-refractivity contribution is -0.0512. The molecular weight excluding hydrogens is 330 g/mol. The molecular formula is C15H21ClF2N2O3. The van der Waals surface area contributed by atoms with Gasteiger partial charge in [0.15, 0.2) is 11.5 Å². The second-order valence-electron chi connectivity index (χ2n) is 5.23. The van der Waals surface area contributed by atoms with Crippen molar-refractivity contribution in [3.63, 3.8) is 0 Å². The molecule has 1 aliphatic rings. The first-order valence-electron chi connectivity index (χ1n) is 7.11. The van der Waals surface area contributed by atoms with Crippen LogP contribution in [-0.4, -0.2) is 49.7 Å². The molecule has 130 valence electrons. The maximum Gasteiger partial charge on any atom is 0.387 e. The number of amides is 1. The van der Waals surface area contributed by atoms with Crippen LogP contribution < -0.4 is 14.8 Å². The van der Waals surface area contributed by atoms with Crippen LogP contribution in [0.15, 0.2) is 18.2 Å². The number of rotatable bonds is 4. The molecule has 0 aromatic heterocycles. The molecule has 1 aromatic rings. The van der Waals surface area contributed by atoms with Crippen LogP contribution in [0.5, 0.6) is 11.5 Å². The van der Waals surface area contributed by atoms with Crippen LogP contribution in [0.1, 0.15) is 24.2 Å². The lowest BCUT2D eigenvalue weighted by Gasteiger charge is -2.38. The van der Waals surface area contributed by atoms with E-state index in [4.69, 9.17) is 4.74 Å². The van der Waals surface area contributed by atoms with Gasteiger partial charge in [0.1, 0.15) is 0 Å². The van der Waals surface area contributed by atoms with Gasteiger partial charge in [-0.25, -0.2) is 0 Å². The summed E-state index contributed by atoms with van der Waals surface area (Å²) in [5.41, 5.74) is 0.303. The Labute approximate surface area is 140 Å². The Morgan fingerprint density at radius 3 is 2.65 bits per heavy atom. The van der Waals surface area contributed by atoms with E-state index >= 15 is 0 Å². The van der Waals surface area contributed by atoms with Gasteiger partial charge in [0.2, 0.25) is 0 Å². The third kappa shape index (κ3) is 4.45. The molecule has 2 rings (SSSR count). The average Bonchev–Trinajstić information content (AvgIpc) is 2.48. The van der Waals surface area contributed by atoms with Crippen molar-refractivity contribution in [2.24, 2.45) is 0 Å². The average molecular weight is 351 g/mol. The maximum atomic E-state index is 12.6. The fourth-order valence-corrected chi connectivity index (χ4v) is 2.51. The lowest BCUT2D eigenvalue weighted by atomic mass is 10.1. The van der Waals surface area contributed by atoms with E-state index in [0.29, 0.717) is 18.7 Å². The van der Waals surface area contributed by atoms with Crippen LogP contribution in [0.2, 0.25) is 0 Å². The lowest BCUT2D eigenvalue weighted by Crippen LogP contribution is -2.57. The van der Waals surface area contributed by atoms with Crippen LogP contribution in [-0.2, 0) is 0 Å². The number of piperazine rings is 1. The summed E-state index contributed by atoms with van der Waals surface area (Å²) in [5.74, 6) is -0.180. The number of halogens is 3. The Hall–Kier alpha value is -1.60. The molecule has 8 heteroatoms. The minimum atomic E-state index is -2.97. The summed E-state index contributed by atoms with van der Waals surface area (Å²) in [5, 5.41) is 3.29. The molecule has 1 amide bonds. The van der Waals surface area contributed by atoms with Gasteiger partial charge in [0.25, 0.3) is 5.91 Å². The van der Waals surface area contributed by atoms with Crippen molar-refractivity contribution in [3.8, 4) is 11.5 Å². The molecule has 0 saturated carbocycles. The van der Waals surface area contributed by atoms with Crippen molar-refractivity contribution in [1.82, 2.24) is 10.2 Å². The number of hydrogen-bond acceptors (Lipinski definition) is 4. The zero-order chi connectivity index (χ0) is 16.3. The first-order chi connectivity index (χ1) is 10.4. The fraction of sp³-hybridized carbons (Fsp3) is 0.533. The van der Waals surface area contributed by atoms with Crippen LogP contribution in [0.4, 0.5) is 8.78 Å². The van der Waals surface area contributed by atoms with E-state index in [0.717, 1.165) is 0 Å². The van der Waals surface area contributed by atoms with Crippen LogP contribution in [0.25, 0.3) is 0 Å². The Morgan fingerprint density at radius 2 is 2.04 bits per heavy atom. The summed E-state index contributed by atoms with van der Waals surface area (Å²) < 4.78 is 34.3. The molecule has 1 heterocycles. The van der Waals surface area contributed by atoms with E-state index < -0.39 is 6.61 Å². The van der Waals surface area contributed by atoms with Crippen molar-refractivity contribution >= 4 is 18.3 Å². The van der Waals surface area contributed by atoms with Gasteiger partial charge in [-0.15, -0.1) is 12.4 Å². The van der Waals surface area contributed by atoms with Gasteiger partial charge in [-0.2, -0.15) is 8.78 Å². The van der Waals surface area contributed by atoms with Crippen molar-refractivity contribution in [2.45, 2.75) is 32.5 Å². The topological polar surface area (TPSA) is 50.8 Å². The normalized spacial score (nSPS) is 20.9. The minimum Gasteiger partial charge on any atom is -0.493 e. The first-order valence-corrected chi connectivity index (χ1v) is 7.11. The van der Waals surface area contributed by atoms with Gasteiger partial charge in [-0.1, -0.05) is 0 Å². The number of carbonyl (C=O) groups is 1. The smallest absolute Gasteiger partial charge is 0.387 e. The number of benzene rings is 1. The Kier molecular flexibility index (Phi) is 7.02. The van der Waals surface area contributed by atoms with Gasteiger partial charge >= 0.3 is 6.61 Å². The molecule has 1 fully saturated rings. The molecule has 1 aliphatic heterocycles. The van der Waals surface area contributed by atoms with E-state index in [9.17, 15) is 13.6 Å². The third-order valence-electron chi connectivity index (χ3n) is 3.92. The van der Waals surface area contributed by atoms with Gasteiger partial charge in [0.05, 0.1) is 7.11 Å². The van der Waals surface area contributed by atoms with Crippen molar-refractivity contribution in [2.75, 3.05) is 20.2 Å². The SMILES string of the molecule is COc1ccc(C(=O)N2CCNC(C)C2C)cc1OC(F)F.Cl. The number of carbonyl (C=O) groups excluding carboxylic acids is 1. The largest absolute Gasteiger partial charge is 0.493 e. The molecule has 0 aliphatic carbocycles. The summed E-state index contributed by atoms with van der Waals surface area (Å²) in [6.07, 6.45) is 0. The Balaban J connectivity index is 0.00000264. The molecule has 0 spiro atoms. The quantitative estimate of drug-likeness (QED) is 0.906. The summed E-state index contributed by atoms with van der Waals surface area (Å²) in [7, 11) is 1.36. The van der Waals surface area contributed by atoms with Crippen molar-refractivity contribution in [1.29, 1.82) is 0 Å². The number of hydrogen-bond donors (Lipinski definition) is 1. The van der Waals surface area contributed by atoms with E-state index in [2.05, 4.69) is 10.1 Å². The molecule has 2 atom stereocenters. The number of alkyl halides is 2. The van der Waals surface area contributed by atoms with E-state index in [1.807, 2.05) is 13.8 Å². The second kappa shape index (κ2) is 8.31. The van der Waals surface area contributed by atoms with Crippen LogP contribution >= 0.6 is 12.4 Å². The highest BCUT2D eigenvalue weighted by molar-refractivity contribution is 5.95. The zero-order valence-corrected chi connectivity index (χ0v) is 14.0. The molecule has 0 bridgehead atoms. The highest BCUT2D eigenvalue weighted by Gasteiger charge is 2.29. The molecule has 1 saturated heterocycles. The van der Waals surface area contributed by atoms with E-state index in [-0.39, 0.29) is 41.9 Å². The highest BCUT2D eigenvalue weighted by atomic mass is 35.5. The summed E-state index contributed by atoms with van der Waals surface area (Å²) in [6.45, 7) is 2.26. The number of ether oxygens (including phenoxy) is 2. The van der Waals surface area contributed by atoms with Crippen LogP contribution in [0.3, 0.4) is 0 Å². The third-order valence-corrected chi connectivity index (χ3v) is 3.92. The predicted molar refractivity (Wildman–Crippen MR) is 84.8 cm³/mol. The van der Waals surface area contributed by atoms with E-state index in [1.165, 1.54) is 19.2 Å². The van der Waals surface area contributed by atoms with Crippen molar-refractivity contribution < 1.29 is 23.0 Å². The van der Waals surface area contributed by atoms with Gasteiger partial charge < -0.3 is 19.7 Å². The maximum absolute atomic E-state index is 12.6. The number of nitrogens with zero attached hydrogens (tertiary/aromatic N) is 1. The molecule has 1 N–H and O–H groups in total. The van der Waals surface area contributed by atoms with E-state index in [1.54, 1.807) is 11.0 Å². The fourth-order valence-electron chi connectivity index (χ4n) is 2.51. The van der Waals surface area contributed by atoms with Crippen molar-refractivity contribution in [3.05, 3.63) is 23.8 Å². The second-order valence-corrected chi connectivity index (χ2v) is 5.23. The summed E-state index contributed by atoms with van der Waals surface area (Å²) in [4.78, 5) is 14.3. The summed E-state index contributed by atoms with van der Waals surface area (Å²) >= 11 is 0. The predicted octanol–water partition coefficient (Wildman–Crippen LogP) is 2.54. The number of nitrogens with one attached hydrogen (secondary N) is 1. The monoisotopic (exact) mass is 350 g/mol. The molecule has 5 nitrogen and oxygen atoms in total. The van der Waals surface area contributed by atoms with Gasteiger partial charge in [-0.05, 0) is 32.0 Å². The standard InChI is InChI=1S/C15H20F2N2O3.ClH/c1-9-10(2)19(7-6-18-9)14(20)11-4-5-12(21-3)13(8-11)22-15(16)17;/h4-5,8-10,15,18H,6-7H2,1-3H3;1H. The Bertz CT molecular complexity index is 545. The first kappa shape index (κ1) is 19.4. The molecule has 2 unspecified atom stereocenters. The zero-order valence-electron chi connectivity index (χ0n) is 13.2. The minimum absolute atomic E-state index is 0. The molecule has 1 aromatic carbocycles. The Morgan fingerprint density at radius 1 is 1.35 bits per heavy atom. The van der Waals surface area contributed by atoms with Gasteiger partial charge in [0, 0.05) is 30.7 Å². The highest BCUT2D eigenvalue weighted by Crippen LogP contribution is 2.30. The number of methoxy groups -OCH3 is 1. The summed E-state index contributed by atoms with van der Waals surface area (Å²) in [6, 6.07) is 4.50. The molecule has 0 radical (unpaired) electrons. The van der Waals surface area contributed by atoms with Gasteiger partial charge in [-0.3, -0.25) is 4.79 Å². The van der Waals surface area contributed by atoms with Crippen LogP contribution in [0, 0.1) is 0 Å².